The molecule has 7 nitrogen and oxygen atoms in total. The molecular weight excluding hydrogens is 432 g/mol. The number of hydrogen-bond donors (Lipinski definition) is 1. The zero-order valence-corrected chi connectivity index (χ0v) is 18.6. The number of benzene rings is 1. The maximum Gasteiger partial charge on any atom is 0.409 e. The Morgan fingerprint density at radius 1 is 1.21 bits per heavy atom. The minimum atomic E-state index is -0.814. The number of ether oxygens (including phenoxy) is 2. The second kappa shape index (κ2) is 9.33. The number of anilines is 1. The quantitative estimate of drug-likeness (QED) is 0.659. The minimum absolute atomic E-state index is 0.0674. The van der Waals surface area contributed by atoms with Crippen LogP contribution in [0.15, 0.2) is 36.5 Å². The van der Waals surface area contributed by atoms with Gasteiger partial charge in [0.25, 0.3) is 0 Å². The normalized spacial score (nSPS) is 18.8. The number of carbonyl (C=O) groups excluding carboxylic acids is 2. The molecule has 176 valence electrons. The van der Waals surface area contributed by atoms with Gasteiger partial charge in [-0.15, -0.1) is 0 Å². The first-order chi connectivity index (χ1) is 15.8. The molecule has 1 atom stereocenters. The highest BCUT2D eigenvalue weighted by atomic mass is 19.1. The van der Waals surface area contributed by atoms with Crippen molar-refractivity contribution in [3.05, 3.63) is 48.2 Å². The van der Waals surface area contributed by atoms with E-state index in [1.807, 2.05) is 13.8 Å². The van der Waals surface area contributed by atoms with Crippen molar-refractivity contribution in [2.24, 2.45) is 17.3 Å². The largest absolute Gasteiger partial charge is 0.453 e. The summed E-state index contributed by atoms with van der Waals surface area (Å²) in [5.41, 5.74) is -0.0674. The fourth-order valence-corrected chi connectivity index (χ4v) is 4.15. The third-order valence-electron chi connectivity index (χ3n) is 6.17. The Bertz CT molecular complexity index is 1020. The van der Waals surface area contributed by atoms with Gasteiger partial charge in [-0.05, 0) is 54.9 Å². The van der Waals surface area contributed by atoms with Gasteiger partial charge in [0, 0.05) is 25.1 Å². The molecule has 1 spiro atoms. The van der Waals surface area contributed by atoms with Crippen LogP contribution in [0.3, 0.4) is 0 Å². The third kappa shape index (κ3) is 5.40. The van der Waals surface area contributed by atoms with E-state index >= 15 is 0 Å². The number of carbonyl (C=O) groups is 2. The summed E-state index contributed by atoms with van der Waals surface area (Å²) in [4.78, 5) is 30.7. The number of hydrogen-bond acceptors (Lipinski definition) is 5. The van der Waals surface area contributed by atoms with Crippen LogP contribution in [0.2, 0.25) is 0 Å². The van der Waals surface area contributed by atoms with Gasteiger partial charge >= 0.3 is 6.09 Å². The minimum Gasteiger partial charge on any atom is -0.453 e. The summed E-state index contributed by atoms with van der Waals surface area (Å²) in [6.07, 6.45) is 3.41. The van der Waals surface area contributed by atoms with Gasteiger partial charge in [0.05, 0.1) is 12.8 Å². The molecule has 2 heterocycles. The van der Waals surface area contributed by atoms with Crippen molar-refractivity contribution in [2.75, 3.05) is 25.0 Å². The standard InChI is InChI=1S/C24H27F2N3O4/c1-15(2)14-32-23(31)29-9-7-24(8-10-29)12-18(24)22(30)28-21-6-4-17(13-27-21)33-20-5-3-16(25)11-19(20)26/h3-6,11,13,15,18H,7-10,12,14H2,1-2H3,(H,27,28,30). The molecule has 2 aromatic rings. The van der Waals surface area contributed by atoms with Crippen LogP contribution in [0, 0.1) is 28.9 Å². The Morgan fingerprint density at radius 3 is 2.61 bits per heavy atom. The van der Waals surface area contributed by atoms with Crippen molar-refractivity contribution in [3.63, 3.8) is 0 Å². The predicted octanol–water partition coefficient (Wildman–Crippen LogP) is 4.99. The zero-order chi connectivity index (χ0) is 23.6. The van der Waals surface area contributed by atoms with Crippen LogP contribution in [0.25, 0.3) is 0 Å². The van der Waals surface area contributed by atoms with E-state index < -0.39 is 11.6 Å². The van der Waals surface area contributed by atoms with E-state index in [9.17, 15) is 18.4 Å². The van der Waals surface area contributed by atoms with Crippen molar-refractivity contribution in [3.8, 4) is 11.5 Å². The summed E-state index contributed by atoms with van der Waals surface area (Å²) in [5, 5.41) is 2.82. The fraction of sp³-hybridized carbons (Fsp3) is 0.458. The van der Waals surface area contributed by atoms with Crippen LogP contribution in [0.5, 0.6) is 11.5 Å². The molecule has 33 heavy (non-hydrogen) atoms. The molecule has 1 aromatic carbocycles. The molecule has 1 aliphatic heterocycles. The summed E-state index contributed by atoms with van der Waals surface area (Å²) in [6.45, 7) is 5.57. The van der Waals surface area contributed by atoms with Crippen molar-refractivity contribution in [1.82, 2.24) is 9.88 Å². The number of piperidine rings is 1. The fourth-order valence-electron chi connectivity index (χ4n) is 4.15. The molecule has 0 radical (unpaired) electrons. The van der Waals surface area contributed by atoms with Crippen molar-refractivity contribution < 1.29 is 27.8 Å². The Labute approximate surface area is 191 Å². The molecular formula is C24H27F2N3O4. The van der Waals surface area contributed by atoms with E-state index in [2.05, 4.69) is 10.3 Å². The summed E-state index contributed by atoms with van der Waals surface area (Å²) in [7, 11) is 0. The maximum absolute atomic E-state index is 13.7. The van der Waals surface area contributed by atoms with Crippen LogP contribution >= 0.6 is 0 Å². The number of likely N-dealkylation sites (tertiary alicyclic amines) is 1. The highest BCUT2D eigenvalue weighted by Crippen LogP contribution is 2.59. The Balaban J connectivity index is 1.26. The molecule has 2 fully saturated rings. The lowest BCUT2D eigenvalue weighted by Gasteiger charge is -2.32. The molecule has 1 N–H and O–H groups in total. The van der Waals surface area contributed by atoms with Crippen molar-refractivity contribution in [1.29, 1.82) is 0 Å². The molecule has 1 unspecified atom stereocenters. The molecule has 0 bridgehead atoms. The topological polar surface area (TPSA) is 80.8 Å². The molecule has 4 rings (SSSR count). The van der Waals surface area contributed by atoms with Crippen molar-refractivity contribution in [2.45, 2.75) is 33.1 Å². The highest BCUT2D eigenvalue weighted by Gasteiger charge is 2.58. The van der Waals surface area contributed by atoms with E-state index in [1.165, 1.54) is 12.3 Å². The molecule has 1 aliphatic carbocycles. The average Bonchev–Trinajstić information content (AvgIpc) is 3.49. The van der Waals surface area contributed by atoms with Gasteiger partial charge in [0.15, 0.2) is 11.6 Å². The van der Waals surface area contributed by atoms with Gasteiger partial charge < -0.3 is 19.7 Å². The van der Waals surface area contributed by atoms with E-state index in [-0.39, 0.29) is 34.8 Å². The van der Waals surface area contributed by atoms with Gasteiger partial charge in [-0.1, -0.05) is 13.8 Å². The lowest BCUT2D eigenvalue weighted by Crippen LogP contribution is -2.40. The van der Waals surface area contributed by atoms with Gasteiger partial charge in [0.1, 0.15) is 17.4 Å². The molecule has 9 heteroatoms. The van der Waals surface area contributed by atoms with Crippen LogP contribution in [0.4, 0.5) is 19.4 Å². The number of nitrogens with zero attached hydrogens (tertiary/aromatic N) is 2. The Hall–Kier alpha value is -3.23. The maximum atomic E-state index is 13.7. The third-order valence-corrected chi connectivity index (χ3v) is 6.17. The van der Waals surface area contributed by atoms with E-state index in [1.54, 1.807) is 17.0 Å². The number of amides is 2. The van der Waals surface area contributed by atoms with Gasteiger partial charge in [-0.3, -0.25) is 4.79 Å². The number of halogens is 2. The summed E-state index contributed by atoms with van der Waals surface area (Å²) in [6, 6.07) is 6.15. The molecule has 2 amide bonds. The van der Waals surface area contributed by atoms with Crippen molar-refractivity contribution >= 4 is 17.8 Å². The smallest absolute Gasteiger partial charge is 0.409 e. The second-order valence-corrected chi connectivity index (χ2v) is 9.12. The van der Waals surface area contributed by atoms with Crippen LogP contribution < -0.4 is 10.1 Å². The van der Waals surface area contributed by atoms with Gasteiger partial charge in [0.2, 0.25) is 5.91 Å². The summed E-state index contributed by atoms with van der Waals surface area (Å²) >= 11 is 0. The highest BCUT2D eigenvalue weighted by molar-refractivity contribution is 5.94. The van der Waals surface area contributed by atoms with Gasteiger partial charge in [-0.2, -0.15) is 0 Å². The zero-order valence-electron chi connectivity index (χ0n) is 18.6. The molecule has 1 aromatic heterocycles. The van der Waals surface area contributed by atoms with E-state index in [0.717, 1.165) is 31.4 Å². The number of aromatic nitrogens is 1. The Kier molecular flexibility index (Phi) is 6.49. The number of rotatable bonds is 6. The van der Waals surface area contributed by atoms with Crippen LogP contribution in [-0.2, 0) is 9.53 Å². The SMILES string of the molecule is CC(C)COC(=O)N1CCC2(CC1)CC2C(=O)Nc1ccc(Oc2ccc(F)cc2F)cn1. The Morgan fingerprint density at radius 2 is 1.97 bits per heavy atom. The monoisotopic (exact) mass is 459 g/mol. The molecule has 1 saturated carbocycles. The van der Waals surface area contributed by atoms with E-state index in [0.29, 0.717) is 31.4 Å². The predicted molar refractivity (Wildman–Crippen MR) is 117 cm³/mol. The first-order valence-corrected chi connectivity index (χ1v) is 11.1. The summed E-state index contributed by atoms with van der Waals surface area (Å²) in [5.74, 6) is -0.916. The first-order valence-electron chi connectivity index (χ1n) is 11.1. The summed E-state index contributed by atoms with van der Waals surface area (Å²) < 4.78 is 37.4. The number of nitrogens with one attached hydrogen (secondary N) is 1. The lowest BCUT2D eigenvalue weighted by atomic mass is 9.91. The average molecular weight is 459 g/mol. The molecule has 2 aliphatic rings. The number of pyridine rings is 1. The first kappa shape index (κ1) is 22.9. The molecule has 1 saturated heterocycles. The van der Waals surface area contributed by atoms with Crippen LogP contribution in [0.1, 0.15) is 33.1 Å². The lowest BCUT2D eigenvalue weighted by molar-refractivity contribution is -0.118. The second-order valence-electron chi connectivity index (χ2n) is 9.12. The van der Waals surface area contributed by atoms with Crippen LogP contribution in [-0.4, -0.2) is 41.6 Å². The van der Waals surface area contributed by atoms with E-state index in [4.69, 9.17) is 9.47 Å². The van der Waals surface area contributed by atoms with Gasteiger partial charge in [-0.25, -0.2) is 18.6 Å².